The Balaban J connectivity index is 2.07. The summed E-state index contributed by atoms with van der Waals surface area (Å²) < 4.78 is 54.3. The van der Waals surface area contributed by atoms with Crippen molar-refractivity contribution < 1.29 is 22.3 Å². The van der Waals surface area contributed by atoms with Crippen molar-refractivity contribution in [2.45, 2.75) is 17.9 Å². The average molecular weight is 493 g/mol. The van der Waals surface area contributed by atoms with Gasteiger partial charge in [0.1, 0.15) is 5.82 Å². The van der Waals surface area contributed by atoms with Crippen LogP contribution in [0.15, 0.2) is 64.9 Å². The fourth-order valence-electron chi connectivity index (χ4n) is 3.46. The van der Waals surface area contributed by atoms with Crippen molar-refractivity contribution >= 4 is 27.0 Å². The van der Waals surface area contributed by atoms with E-state index in [0.29, 0.717) is 37.6 Å². The van der Waals surface area contributed by atoms with Gasteiger partial charge in [0.2, 0.25) is 10.0 Å². The zero-order chi connectivity index (χ0) is 23.8. The van der Waals surface area contributed by atoms with E-state index in [1.165, 1.54) is 23.5 Å². The number of nitrogens with one attached hydrogen (secondary N) is 1. The quantitative estimate of drug-likeness (QED) is 0.407. The van der Waals surface area contributed by atoms with Crippen LogP contribution in [0.1, 0.15) is 22.0 Å². The molecule has 0 saturated carbocycles. The Hall–Kier alpha value is -2.30. The molecule has 178 valence electrons. The molecule has 3 aromatic rings. The molecule has 6 nitrogen and oxygen atoms in total. The monoisotopic (exact) mass is 492 g/mol. The number of hydrogen-bond donors (Lipinski definition) is 1. The zero-order valence-corrected chi connectivity index (χ0v) is 20.6. The zero-order valence-electron chi connectivity index (χ0n) is 19.0. The maximum atomic E-state index is 14.4. The van der Waals surface area contributed by atoms with Crippen molar-refractivity contribution in [1.82, 2.24) is 4.72 Å². The Morgan fingerprint density at radius 1 is 1.03 bits per heavy atom. The van der Waals surface area contributed by atoms with Gasteiger partial charge in [0.25, 0.3) is 0 Å². The number of benzene rings is 2. The van der Waals surface area contributed by atoms with E-state index in [4.69, 9.17) is 9.47 Å². The number of sulfonamides is 1. The lowest BCUT2D eigenvalue weighted by Gasteiger charge is -2.30. The smallest absolute Gasteiger partial charge is 0.241 e. The van der Waals surface area contributed by atoms with Gasteiger partial charge in [0.15, 0.2) is 0 Å². The number of methoxy groups -OCH3 is 2. The van der Waals surface area contributed by atoms with E-state index in [9.17, 15) is 12.8 Å². The highest BCUT2D eigenvalue weighted by molar-refractivity contribution is 7.89. The number of halogens is 1. The van der Waals surface area contributed by atoms with Gasteiger partial charge in [-0.15, -0.1) is 11.3 Å². The first-order chi connectivity index (χ1) is 15.9. The third kappa shape index (κ3) is 6.61. The highest BCUT2D eigenvalue weighted by Gasteiger charge is 2.27. The van der Waals surface area contributed by atoms with Gasteiger partial charge >= 0.3 is 0 Å². The molecule has 0 aliphatic carbocycles. The highest BCUT2D eigenvalue weighted by Crippen LogP contribution is 2.35. The maximum absolute atomic E-state index is 14.4. The summed E-state index contributed by atoms with van der Waals surface area (Å²) in [5.41, 5.74) is 2.22. The summed E-state index contributed by atoms with van der Waals surface area (Å²) in [7, 11) is -0.637. The number of nitrogens with zero attached hydrogens (tertiary/aromatic N) is 1. The number of ether oxygens (including phenoxy) is 2. The summed E-state index contributed by atoms with van der Waals surface area (Å²) >= 11 is 1.44. The largest absolute Gasteiger partial charge is 0.383 e. The first-order valence-electron chi connectivity index (χ1n) is 10.5. The molecule has 1 N–H and O–H groups in total. The summed E-state index contributed by atoms with van der Waals surface area (Å²) in [5, 5.41) is 1.89. The number of aryl methyl sites for hydroxylation is 1. The Morgan fingerprint density at radius 2 is 1.70 bits per heavy atom. The molecule has 3 rings (SSSR count). The van der Waals surface area contributed by atoms with Crippen molar-refractivity contribution in [2.24, 2.45) is 0 Å². The molecular formula is C24H29FN2O4S2. The van der Waals surface area contributed by atoms with Crippen LogP contribution in [0.2, 0.25) is 0 Å². The van der Waals surface area contributed by atoms with Crippen LogP contribution in [0.4, 0.5) is 10.1 Å². The number of hydrogen-bond acceptors (Lipinski definition) is 6. The lowest BCUT2D eigenvalue weighted by molar-refractivity contribution is 0.190. The molecule has 0 bridgehead atoms. The normalized spacial score (nSPS) is 12.6. The number of thiophene rings is 1. The molecular weight excluding hydrogens is 463 g/mol. The third-order valence-electron chi connectivity index (χ3n) is 5.21. The van der Waals surface area contributed by atoms with Gasteiger partial charge in [0.05, 0.1) is 24.2 Å². The minimum atomic E-state index is -3.84. The van der Waals surface area contributed by atoms with Crippen LogP contribution < -0.4 is 9.62 Å². The molecule has 1 atom stereocenters. The second kappa shape index (κ2) is 11.7. The van der Waals surface area contributed by atoms with Crippen LogP contribution in [0.25, 0.3) is 0 Å². The Labute approximate surface area is 199 Å². The van der Waals surface area contributed by atoms with E-state index in [2.05, 4.69) is 4.72 Å². The molecule has 0 saturated heterocycles. The van der Waals surface area contributed by atoms with Gasteiger partial charge in [-0.1, -0.05) is 29.8 Å². The molecule has 33 heavy (non-hydrogen) atoms. The molecule has 1 heterocycles. The van der Waals surface area contributed by atoms with Crippen molar-refractivity contribution in [3.63, 3.8) is 0 Å². The topological polar surface area (TPSA) is 67.9 Å². The lowest BCUT2D eigenvalue weighted by atomic mass is 10.0. The van der Waals surface area contributed by atoms with Crippen LogP contribution in [0, 0.1) is 12.7 Å². The van der Waals surface area contributed by atoms with E-state index in [1.807, 2.05) is 29.3 Å². The van der Waals surface area contributed by atoms with Gasteiger partial charge in [-0.3, -0.25) is 0 Å². The molecule has 2 aromatic carbocycles. The highest BCUT2D eigenvalue weighted by atomic mass is 32.2. The molecule has 1 unspecified atom stereocenters. The Bertz CT molecular complexity index is 1110. The lowest BCUT2D eigenvalue weighted by Crippen LogP contribution is -2.34. The minimum absolute atomic E-state index is 0.175. The molecule has 9 heteroatoms. The van der Waals surface area contributed by atoms with Crippen LogP contribution in [0.5, 0.6) is 0 Å². The molecule has 0 radical (unpaired) electrons. The second-order valence-corrected chi connectivity index (χ2v) is 10.3. The van der Waals surface area contributed by atoms with Crippen LogP contribution in [-0.2, 0) is 19.5 Å². The minimum Gasteiger partial charge on any atom is -0.383 e. The van der Waals surface area contributed by atoms with Crippen molar-refractivity contribution in [1.29, 1.82) is 0 Å². The molecule has 0 aliphatic rings. The van der Waals surface area contributed by atoms with E-state index in [-0.39, 0.29) is 4.90 Å². The van der Waals surface area contributed by atoms with Gasteiger partial charge in [-0.2, -0.15) is 4.72 Å². The SMILES string of the molecule is COCCN(CCOC)c1cc(F)ccc1C(NS(=O)(=O)c1ccc(C)cc1)c1cccs1. The van der Waals surface area contributed by atoms with E-state index >= 15 is 0 Å². The maximum Gasteiger partial charge on any atom is 0.241 e. The standard InChI is InChI=1S/C24H29FN2O4S2/c1-18-6-9-20(10-7-18)33(28,29)26-24(23-5-4-16-32-23)21-11-8-19(25)17-22(21)27(12-14-30-2)13-15-31-3/h4-11,16-17,24,26H,12-15H2,1-3H3. The number of rotatable bonds is 12. The van der Waals surface area contributed by atoms with Crippen LogP contribution in [0.3, 0.4) is 0 Å². The van der Waals surface area contributed by atoms with Crippen molar-refractivity contribution in [3.05, 3.63) is 81.8 Å². The molecule has 0 fully saturated rings. The van der Waals surface area contributed by atoms with Gasteiger partial charge in [-0.05, 0) is 48.2 Å². The van der Waals surface area contributed by atoms with E-state index < -0.39 is 21.9 Å². The predicted molar refractivity (Wildman–Crippen MR) is 130 cm³/mol. The summed E-state index contributed by atoms with van der Waals surface area (Å²) in [6, 6.07) is 14.1. The predicted octanol–water partition coefficient (Wildman–Crippen LogP) is 4.36. The molecule has 0 spiro atoms. The van der Waals surface area contributed by atoms with Gasteiger partial charge < -0.3 is 14.4 Å². The molecule has 0 aliphatic heterocycles. The van der Waals surface area contributed by atoms with E-state index in [0.717, 1.165) is 10.4 Å². The molecule has 0 amide bonds. The summed E-state index contributed by atoms with van der Waals surface area (Å²) in [5.74, 6) is -0.403. The first-order valence-corrected chi connectivity index (χ1v) is 12.9. The molecule has 1 aromatic heterocycles. The Morgan fingerprint density at radius 3 is 2.27 bits per heavy atom. The van der Waals surface area contributed by atoms with Gasteiger partial charge in [-0.25, -0.2) is 12.8 Å². The average Bonchev–Trinajstić information content (AvgIpc) is 3.33. The fraction of sp³-hybridized carbons (Fsp3) is 0.333. The third-order valence-corrected chi connectivity index (χ3v) is 7.58. The van der Waals surface area contributed by atoms with E-state index in [1.54, 1.807) is 44.6 Å². The van der Waals surface area contributed by atoms with Crippen molar-refractivity contribution in [2.75, 3.05) is 45.4 Å². The second-order valence-electron chi connectivity index (χ2n) is 7.56. The van der Waals surface area contributed by atoms with Crippen LogP contribution in [-0.4, -0.2) is 48.9 Å². The van der Waals surface area contributed by atoms with Crippen LogP contribution >= 0.6 is 11.3 Å². The summed E-state index contributed by atoms with van der Waals surface area (Å²) in [6.07, 6.45) is 0. The first kappa shape index (κ1) is 25.3. The Kier molecular flexibility index (Phi) is 8.99. The fourth-order valence-corrected chi connectivity index (χ4v) is 5.52. The number of anilines is 1. The summed E-state index contributed by atoms with van der Waals surface area (Å²) in [6.45, 7) is 3.75. The van der Waals surface area contributed by atoms with Crippen molar-refractivity contribution in [3.8, 4) is 0 Å². The summed E-state index contributed by atoms with van der Waals surface area (Å²) in [4.78, 5) is 2.93. The van der Waals surface area contributed by atoms with Gasteiger partial charge in [0, 0.05) is 37.9 Å².